The van der Waals surface area contributed by atoms with Gasteiger partial charge in [-0.2, -0.15) is 5.26 Å². The van der Waals surface area contributed by atoms with Crippen LogP contribution in [0, 0.1) is 11.3 Å². The number of nitriles is 1. The van der Waals surface area contributed by atoms with Crippen molar-refractivity contribution >= 4 is 23.4 Å². The molecule has 80 valence electrons. The van der Waals surface area contributed by atoms with Crippen LogP contribution in [-0.4, -0.2) is 11.3 Å². The topological polar surface area (TPSA) is 49.8 Å². The Morgan fingerprint density at radius 1 is 1.47 bits per heavy atom. The Morgan fingerprint density at radius 2 is 2.07 bits per heavy atom. The Kier molecular flexibility index (Phi) is 4.46. The van der Waals surface area contributed by atoms with Crippen molar-refractivity contribution in [1.29, 1.82) is 5.26 Å². The van der Waals surface area contributed by atoms with E-state index in [4.69, 9.17) is 22.6 Å². The third-order valence-corrected chi connectivity index (χ3v) is 3.22. The first kappa shape index (κ1) is 12.4. The molecule has 0 spiro atoms. The maximum absolute atomic E-state index is 8.73. The van der Waals surface area contributed by atoms with E-state index in [0.717, 1.165) is 15.7 Å². The molecule has 1 rings (SSSR count). The quantitative estimate of drug-likeness (QED) is 0.823. The number of thioether (sulfide) groups is 1. The molecule has 2 nitrogen and oxygen atoms in total. The molecule has 4 heteroatoms. The molecule has 1 unspecified atom stereocenters. The Morgan fingerprint density at radius 3 is 2.60 bits per heavy atom. The van der Waals surface area contributed by atoms with Gasteiger partial charge in [-0.15, -0.1) is 11.8 Å². The summed E-state index contributed by atoms with van der Waals surface area (Å²) in [6, 6.07) is 9.72. The van der Waals surface area contributed by atoms with Gasteiger partial charge in [-0.3, -0.25) is 0 Å². The molecule has 2 N–H and O–H groups in total. The molecule has 1 aromatic carbocycles. The molecule has 0 amide bonds. The molecule has 0 bridgehead atoms. The van der Waals surface area contributed by atoms with Crippen LogP contribution in [0.3, 0.4) is 0 Å². The molecule has 0 radical (unpaired) electrons. The van der Waals surface area contributed by atoms with Crippen LogP contribution < -0.4 is 5.73 Å². The van der Waals surface area contributed by atoms with E-state index in [0.29, 0.717) is 6.42 Å². The highest BCUT2D eigenvalue weighted by molar-refractivity contribution is 7.99. The number of nitrogens with zero attached hydrogens (tertiary/aromatic N) is 1. The number of hydrogen-bond donors (Lipinski definition) is 1. The van der Waals surface area contributed by atoms with Gasteiger partial charge in [0.05, 0.1) is 6.07 Å². The lowest BCUT2D eigenvalue weighted by Gasteiger charge is -2.14. The summed E-state index contributed by atoms with van der Waals surface area (Å²) in [6.07, 6.45) is 0.677. The third kappa shape index (κ3) is 4.57. The molecule has 0 heterocycles. The molecule has 0 saturated carbocycles. The minimum atomic E-state index is -0.723. The van der Waals surface area contributed by atoms with Crippen molar-refractivity contribution < 1.29 is 0 Å². The van der Waals surface area contributed by atoms with Crippen molar-refractivity contribution in [3.05, 3.63) is 29.3 Å². The molecule has 1 aromatic rings. The monoisotopic (exact) mass is 240 g/mol. The van der Waals surface area contributed by atoms with Crippen molar-refractivity contribution in [1.82, 2.24) is 0 Å². The average Bonchev–Trinajstić information content (AvgIpc) is 2.21. The zero-order valence-electron chi connectivity index (χ0n) is 8.53. The molecule has 1 atom stereocenters. The van der Waals surface area contributed by atoms with E-state index < -0.39 is 5.54 Å². The first-order valence-electron chi connectivity index (χ1n) is 4.62. The largest absolute Gasteiger partial charge is 0.314 e. The van der Waals surface area contributed by atoms with Crippen LogP contribution in [0.2, 0.25) is 5.02 Å². The maximum Gasteiger partial charge on any atom is 0.102 e. The van der Waals surface area contributed by atoms with E-state index in [9.17, 15) is 0 Å². The summed E-state index contributed by atoms with van der Waals surface area (Å²) in [4.78, 5) is 1.15. The van der Waals surface area contributed by atoms with E-state index in [2.05, 4.69) is 6.07 Å². The summed E-state index contributed by atoms with van der Waals surface area (Å²) in [5.41, 5.74) is 4.99. The van der Waals surface area contributed by atoms with Gasteiger partial charge in [0.15, 0.2) is 0 Å². The van der Waals surface area contributed by atoms with Crippen LogP contribution in [0.5, 0.6) is 0 Å². The van der Waals surface area contributed by atoms with Crippen LogP contribution in [0.25, 0.3) is 0 Å². The van der Waals surface area contributed by atoms with Gasteiger partial charge in [0.2, 0.25) is 0 Å². The molecule has 0 fully saturated rings. The second kappa shape index (κ2) is 5.41. The van der Waals surface area contributed by atoms with Crippen molar-refractivity contribution in [2.24, 2.45) is 5.73 Å². The van der Waals surface area contributed by atoms with Gasteiger partial charge in [0.1, 0.15) is 5.54 Å². The van der Waals surface area contributed by atoms with Gasteiger partial charge in [-0.25, -0.2) is 0 Å². The van der Waals surface area contributed by atoms with Crippen molar-refractivity contribution in [2.75, 3.05) is 5.75 Å². The zero-order chi connectivity index (χ0) is 11.3. The summed E-state index contributed by atoms with van der Waals surface area (Å²) >= 11 is 7.45. The fourth-order valence-electron chi connectivity index (χ4n) is 0.968. The minimum Gasteiger partial charge on any atom is -0.314 e. The van der Waals surface area contributed by atoms with Crippen LogP contribution in [0.1, 0.15) is 13.3 Å². The third-order valence-electron chi connectivity index (χ3n) is 1.96. The normalized spacial score (nSPS) is 14.3. The molecular weight excluding hydrogens is 228 g/mol. The van der Waals surface area contributed by atoms with Gasteiger partial charge in [-0.05, 0) is 37.6 Å². The predicted molar refractivity (Wildman–Crippen MR) is 65.0 cm³/mol. The summed E-state index contributed by atoms with van der Waals surface area (Å²) in [5.74, 6) is 0.836. The number of hydrogen-bond acceptors (Lipinski definition) is 3. The molecule has 0 aliphatic carbocycles. The van der Waals surface area contributed by atoms with Crippen LogP contribution in [0.4, 0.5) is 0 Å². The van der Waals surface area contributed by atoms with Crippen molar-refractivity contribution in [3.8, 4) is 6.07 Å². The van der Waals surface area contributed by atoms with Gasteiger partial charge in [-0.1, -0.05) is 11.6 Å². The highest BCUT2D eigenvalue weighted by Gasteiger charge is 2.16. The average molecular weight is 241 g/mol. The van der Waals surface area contributed by atoms with Crippen molar-refractivity contribution in [2.45, 2.75) is 23.8 Å². The number of rotatable bonds is 4. The number of nitrogens with two attached hydrogens (primary N) is 1. The first-order valence-corrected chi connectivity index (χ1v) is 5.98. The van der Waals surface area contributed by atoms with Crippen LogP contribution >= 0.6 is 23.4 Å². The number of halogens is 1. The molecule has 0 aliphatic rings. The predicted octanol–water partition coefficient (Wildman–Crippen LogP) is 3.06. The summed E-state index contributed by atoms with van der Waals surface area (Å²) in [7, 11) is 0. The molecule has 15 heavy (non-hydrogen) atoms. The lowest BCUT2D eigenvalue weighted by Crippen LogP contribution is -2.34. The Hall–Kier alpha value is -0.690. The standard InChI is InChI=1S/C11H13ClN2S/c1-11(14,8-13)6-7-15-10-4-2-9(12)3-5-10/h2-5H,6-7,14H2,1H3. The maximum atomic E-state index is 8.73. The lowest BCUT2D eigenvalue weighted by atomic mass is 10.0. The van der Waals surface area contributed by atoms with E-state index in [1.165, 1.54) is 0 Å². The first-order chi connectivity index (χ1) is 7.03. The van der Waals surface area contributed by atoms with Gasteiger partial charge < -0.3 is 5.73 Å². The van der Waals surface area contributed by atoms with Gasteiger partial charge in [0.25, 0.3) is 0 Å². The van der Waals surface area contributed by atoms with E-state index in [-0.39, 0.29) is 0 Å². The molecule has 0 aromatic heterocycles. The van der Waals surface area contributed by atoms with Gasteiger partial charge >= 0.3 is 0 Å². The number of benzene rings is 1. The smallest absolute Gasteiger partial charge is 0.102 e. The van der Waals surface area contributed by atoms with Crippen LogP contribution in [0.15, 0.2) is 29.2 Å². The molecular formula is C11H13ClN2S. The summed E-state index contributed by atoms with van der Waals surface area (Å²) < 4.78 is 0. The summed E-state index contributed by atoms with van der Waals surface area (Å²) in [5, 5.41) is 9.46. The highest BCUT2D eigenvalue weighted by atomic mass is 35.5. The fraction of sp³-hybridized carbons (Fsp3) is 0.364. The van der Waals surface area contributed by atoms with E-state index in [1.54, 1.807) is 18.7 Å². The Bertz CT molecular complexity index is 354. The Balaban J connectivity index is 2.39. The second-order valence-corrected chi connectivity index (χ2v) is 5.19. The highest BCUT2D eigenvalue weighted by Crippen LogP contribution is 2.22. The Labute approximate surface area is 99.4 Å². The molecule has 0 saturated heterocycles. The summed E-state index contributed by atoms with van der Waals surface area (Å²) in [6.45, 7) is 1.75. The second-order valence-electron chi connectivity index (χ2n) is 3.58. The fourth-order valence-corrected chi connectivity index (χ4v) is 2.18. The SMILES string of the molecule is CC(N)(C#N)CCSc1ccc(Cl)cc1. The minimum absolute atomic E-state index is 0.677. The lowest BCUT2D eigenvalue weighted by molar-refractivity contribution is 0.583. The zero-order valence-corrected chi connectivity index (χ0v) is 10.1. The van der Waals surface area contributed by atoms with Gasteiger partial charge in [0, 0.05) is 15.7 Å². The van der Waals surface area contributed by atoms with E-state index >= 15 is 0 Å². The van der Waals surface area contributed by atoms with Crippen molar-refractivity contribution in [3.63, 3.8) is 0 Å². The van der Waals surface area contributed by atoms with Crippen LogP contribution in [-0.2, 0) is 0 Å². The van der Waals surface area contributed by atoms with E-state index in [1.807, 2.05) is 24.3 Å². The molecule has 0 aliphatic heterocycles.